The Morgan fingerprint density at radius 3 is 1.91 bits per heavy atom. The summed E-state index contributed by atoms with van der Waals surface area (Å²) in [5.74, 6) is 0. The van der Waals surface area contributed by atoms with E-state index in [1.54, 1.807) is 0 Å². The number of para-hydroxylation sites is 1. The molecule has 262 valence electrons. The van der Waals surface area contributed by atoms with Crippen molar-refractivity contribution in [3.05, 3.63) is 188 Å². The van der Waals surface area contributed by atoms with Gasteiger partial charge in [-0.1, -0.05) is 121 Å². The van der Waals surface area contributed by atoms with Crippen LogP contribution in [0.15, 0.2) is 197 Å². The third-order valence-electron chi connectivity index (χ3n) is 11.2. The number of fused-ring (bicyclic) bond motifs is 11. The molecule has 3 heterocycles. The fourth-order valence-corrected chi connectivity index (χ4v) is 9.74. The molecule has 0 atom stereocenters. The van der Waals surface area contributed by atoms with Gasteiger partial charge in [-0.2, -0.15) is 0 Å². The maximum absolute atomic E-state index is 6.98. The first kappa shape index (κ1) is 31.2. The summed E-state index contributed by atoms with van der Waals surface area (Å²) in [7, 11) is 0. The van der Waals surface area contributed by atoms with Crippen molar-refractivity contribution in [2.75, 3.05) is 4.90 Å². The molecule has 12 aromatic rings. The molecule has 9 aromatic carbocycles. The molecule has 4 heteroatoms. The number of rotatable bonds is 5. The molecule has 56 heavy (non-hydrogen) atoms. The molecule has 0 unspecified atom stereocenters. The summed E-state index contributed by atoms with van der Waals surface area (Å²) in [6.45, 7) is 0. The van der Waals surface area contributed by atoms with E-state index in [0.29, 0.717) is 0 Å². The highest BCUT2D eigenvalue weighted by Crippen LogP contribution is 2.48. The smallest absolute Gasteiger partial charge is 0.143 e. The molecule has 0 saturated carbocycles. The molecule has 0 bridgehead atoms. The lowest BCUT2D eigenvalue weighted by Crippen LogP contribution is -2.10. The summed E-state index contributed by atoms with van der Waals surface area (Å²) in [5, 5.41) is 9.15. The third kappa shape index (κ3) is 4.83. The van der Waals surface area contributed by atoms with Crippen molar-refractivity contribution in [1.29, 1.82) is 0 Å². The molecule has 0 radical (unpaired) electrons. The van der Waals surface area contributed by atoms with Crippen LogP contribution in [0.4, 0.5) is 17.1 Å². The van der Waals surface area contributed by atoms with Crippen LogP contribution in [0.3, 0.4) is 0 Å². The first-order chi connectivity index (χ1) is 27.7. The Balaban J connectivity index is 1.17. The standard InChI is InChI=1S/C52H31NO2S/c1-2-11-32(12-3-1)34-14-10-15-35(27-34)36-28-45(51-44-24-21-33-13-4-5-16-39(33)52(44)55-48(51)29-36)53(37-22-25-41-40-17-6-8-19-46(40)54-47(41)30-37)38-23-26-43-42-18-7-9-20-49(42)56-50(43)31-38/h1-31H. The van der Waals surface area contributed by atoms with Crippen LogP contribution in [0.1, 0.15) is 0 Å². The van der Waals surface area contributed by atoms with Gasteiger partial charge in [0.2, 0.25) is 0 Å². The molecule has 0 amide bonds. The van der Waals surface area contributed by atoms with Crippen LogP contribution in [-0.2, 0) is 0 Å². The first-order valence-electron chi connectivity index (χ1n) is 18.9. The number of nitrogens with zero attached hydrogens (tertiary/aromatic N) is 1. The van der Waals surface area contributed by atoms with E-state index >= 15 is 0 Å². The Bertz CT molecular complexity index is 3380. The lowest BCUT2D eigenvalue weighted by Gasteiger charge is -2.27. The minimum absolute atomic E-state index is 0.840. The highest BCUT2D eigenvalue weighted by atomic mass is 32.1. The number of thiophene rings is 1. The second-order valence-corrected chi connectivity index (χ2v) is 15.6. The summed E-state index contributed by atoms with van der Waals surface area (Å²) in [6, 6.07) is 67.3. The van der Waals surface area contributed by atoms with Gasteiger partial charge >= 0.3 is 0 Å². The largest absolute Gasteiger partial charge is 0.456 e. The van der Waals surface area contributed by atoms with Crippen LogP contribution >= 0.6 is 11.3 Å². The van der Waals surface area contributed by atoms with Gasteiger partial charge in [-0.15, -0.1) is 11.3 Å². The topological polar surface area (TPSA) is 29.5 Å². The molecule has 3 aromatic heterocycles. The predicted molar refractivity (Wildman–Crippen MR) is 237 cm³/mol. The van der Waals surface area contributed by atoms with Crippen LogP contribution in [-0.4, -0.2) is 0 Å². The van der Waals surface area contributed by atoms with Gasteiger partial charge in [-0.05, 0) is 88.3 Å². The number of hydrogen-bond donors (Lipinski definition) is 0. The lowest BCUT2D eigenvalue weighted by atomic mass is 9.96. The van der Waals surface area contributed by atoms with Crippen LogP contribution in [0.5, 0.6) is 0 Å². The highest BCUT2D eigenvalue weighted by molar-refractivity contribution is 7.25. The zero-order chi connectivity index (χ0) is 36.7. The normalized spacial score (nSPS) is 11.9. The van der Waals surface area contributed by atoms with E-state index < -0.39 is 0 Å². The molecule has 3 nitrogen and oxygen atoms in total. The average molecular weight is 734 g/mol. The molecule has 0 N–H and O–H groups in total. The van der Waals surface area contributed by atoms with E-state index in [-0.39, 0.29) is 0 Å². The van der Waals surface area contributed by atoms with Gasteiger partial charge in [-0.25, -0.2) is 0 Å². The Hall–Kier alpha value is -7.14. The molecular weight excluding hydrogens is 703 g/mol. The van der Waals surface area contributed by atoms with Crippen LogP contribution in [0.25, 0.3) is 97.1 Å². The molecule has 0 aliphatic rings. The minimum atomic E-state index is 0.840. The maximum atomic E-state index is 6.98. The fraction of sp³-hybridized carbons (Fsp3) is 0. The summed E-state index contributed by atoms with van der Waals surface area (Å²) in [6.07, 6.45) is 0. The van der Waals surface area contributed by atoms with E-state index in [4.69, 9.17) is 8.83 Å². The number of anilines is 3. The van der Waals surface area contributed by atoms with Gasteiger partial charge in [-0.3, -0.25) is 0 Å². The summed E-state index contributed by atoms with van der Waals surface area (Å²) < 4.78 is 16.0. The molecule has 0 aliphatic carbocycles. The van der Waals surface area contributed by atoms with E-state index in [1.807, 2.05) is 23.5 Å². The number of benzene rings is 9. The van der Waals surface area contributed by atoms with Crippen molar-refractivity contribution in [2.24, 2.45) is 0 Å². The Kier molecular flexibility index (Phi) is 6.80. The Morgan fingerprint density at radius 2 is 1.02 bits per heavy atom. The van der Waals surface area contributed by atoms with Gasteiger partial charge in [0.25, 0.3) is 0 Å². The van der Waals surface area contributed by atoms with Crippen LogP contribution < -0.4 is 4.90 Å². The SMILES string of the molecule is c1ccc(-c2cccc(-c3cc(N(c4ccc5c(c4)oc4ccccc45)c4ccc5c(c4)sc4ccccc45)c4c(c3)oc3c5ccccc5ccc34)c2)cc1. The summed E-state index contributed by atoms with van der Waals surface area (Å²) in [5.41, 5.74) is 11.1. The quantitative estimate of drug-likeness (QED) is 0.176. The third-order valence-corrected chi connectivity index (χ3v) is 12.4. The predicted octanol–water partition coefficient (Wildman–Crippen LogP) is 15.8. The average Bonchev–Trinajstić information content (AvgIpc) is 3.95. The van der Waals surface area contributed by atoms with Crippen molar-refractivity contribution in [2.45, 2.75) is 0 Å². The highest BCUT2D eigenvalue weighted by Gasteiger charge is 2.24. The van der Waals surface area contributed by atoms with E-state index in [0.717, 1.165) is 82.8 Å². The first-order valence-corrected chi connectivity index (χ1v) is 19.7. The van der Waals surface area contributed by atoms with E-state index in [2.05, 4.69) is 181 Å². The second-order valence-electron chi connectivity index (χ2n) is 14.5. The van der Waals surface area contributed by atoms with Crippen molar-refractivity contribution in [3.63, 3.8) is 0 Å². The Morgan fingerprint density at radius 1 is 0.357 bits per heavy atom. The zero-order valence-corrected chi connectivity index (χ0v) is 30.9. The van der Waals surface area contributed by atoms with Crippen molar-refractivity contribution in [3.8, 4) is 22.3 Å². The van der Waals surface area contributed by atoms with E-state index in [1.165, 1.54) is 31.3 Å². The molecule has 0 fully saturated rings. The van der Waals surface area contributed by atoms with Gasteiger partial charge in [0.15, 0.2) is 0 Å². The van der Waals surface area contributed by atoms with Gasteiger partial charge in [0, 0.05) is 59.2 Å². The molecule has 0 aliphatic heterocycles. The van der Waals surface area contributed by atoms with Gasteiger partial charge in [0.1, 0.15) is 22.3 Å². The van der Waals surface area contributed by atoms with Gasteiger partial charge in [0.05, 0.1) is 11.1 Å². The number of hydrogen-bond acceptors (Lipinski definition) is 4. The van der Waals surface area contributed by atoms with Crippen LogP contribution in [0.2, 0.25) is 0 Å². The van der Waals surface area contributed by atoms with Crippen molar-refractivity contribution < 1.29 is 8.83 Å². The second kappa shape index (κ2) is 12.2. The van der Waals surface area contributed by atoms with Crippen molar-refractivity contribution in [1.82, 2.24) is 0 Å². The zero-order valence-electron chi connectivity index (χ0n) is 30.1. The summed E-state index contributed by atoms with van der Waals surface area (Å²) >= 11 is 1.83. The summed E-state index contributed by atoms with van der Waals surface area (Å²) in [4.78, 5) is 2.40. The van der Waals surface area contributed by atoms with Crippen LogP contribution in [0, 0.1) is 0 Å². The monoisotopic (exact) mass is 733 g/mol. The molecular formula is C52H31NO2S. The maximum Gasteiger partial charge on any atom is 0.143 e. The minimum Gasteiger partial charge on any atom is -0.456 e. The number of furan rings is 2. The Labute approximate surface area is 325 Å². The van der Waals surface area contributed by atoms with Gasteiger partial charge < -0.3 is 13.7 Å². The van der Waals surface area contributed by atoms with Crippen molar-refractivity contribution >= 4 is 103 Å². The molecule has 0 spiro atoms. The molecule has 0 saturated heterocycles. The fourth-order valence-electron chi connectivity index (χ4n) is 8.60. The van der Waals surface area contributed by atoms with E-state index in [9.17, 15) is 0 Å². The molecule has 12 rings (SSSR count). The lowest BCUT2D eigenvalue weighted by molar-refractivity contribution is 0.669.